The predicted molar refractivity (Wildman–Crippen MR) is 69.5 cm³/mol. The van der Waals surface area contributed by atoms with Crippen LogP contribution in [-0.4, -0.2) is 68.0 Å². The van der Waals surface area contributed by atoms with Crippen LogP contribution in [0.5, 0.6) is 0 Å². The zero-order valence-corrected chi connectivity index (χ0v) is 11.5. The summed E-state index contributed by atoms with van der Waals surface area (Å²) in [5, 5.41) is 37.8. The van der Waals surface area contributed by atoms with E-state index in [1.807, 2.05) is 0 Å². The third-order valence-corrected chi connectivity index (χ3v) is 2.46. The number of hydrogen-bond donors (Lipinski definition) is 4. The van der Waals surface area contributed by atoms with Gasteiger partial charge in [0.05, 0.1) is 0 Å². The summed E-state index contributed by atoms with van der Waals surface area (Å²) in [5.74, 6) is -1.61. The molecule has 0 aromatic carbocycles. The highest BCUT2D eigenvalue weighted by molar-refractivity contribution is 5.93. The van der Waals surface area contributed by atoms with E-state index in [-0.39, 0.29) is 11.1 Å². The van der Waals surface area contributed by atoms with E-state index in [0.717, 1.165) is 0 Å². The summed E-state index contributed by atoms with van der Waals surface area (Å²) in [6, 6.07) is 0. The molecule has 2 amide bonds. The van der Waals surface area contributed by atoms with Crippen LogP contribution < -0.4 is 0 Å². The second-order valence-electron chi connectivity index (χ2n) is 4.22. The van der Waals surface area contributed by atoms with Gasteiger partial charge in [0.15, 0.2) is 12.5 Å². The lowest BCUT2D eigenvalue weighted by atomic mass is 10.2. The molecule has 8 nitrogen and oxygen atoms in total. The highest BCUT2D eigenvalue weighted by atomic mass is 16.4. The van der Waals surface area contributed by atoms with Crippen molar-refractivity contribution in [2.45, 2.75) is 26.3 Å². The molecule has 8 heteroatoms. The van der Waals surface area contributed by atoms with E-state index >= 15 is 0 Å². The molecule has 0 radical (unpaired) electrons. The number of nitrogens with zero attached hydrogens (tertiary/aromatic N) is 2. The minimum absolute atomic E-state index is 0.0204. The largest absolute Gasteiger partial charge is 0.376 e. The third-order valence-electron chi connectivity index (χ3n) is 2.46. The van der Waals surface area contributed by atoms with Gasteiger partial charge in [-0.3, -0.25) is 19.4 Å². The number of rotatable bonds is 7. The van der Waals surface area contributed by atoms with E-state index in [0.29, 0.717) is 9.80 Å². The molecule has 0 bridgehead atoms. The molecule has 2 unspecified atom stereocenters. The van der Waals surface area contributed by atoms with Crippen LogP contribution in [0.25, 0.3) is 0 Å². The molecular formula is C12H20N2O6. The van der Waals surface area contributed by atoms with Gasteiger partial charge in [-0.25, -0.2) is 0 Å². The quantitative estimate of drug-likeness (QED) is 0.328. The monoisotopic (exact) mass is 288 g/mol. The maximum atomic E-state index is 11.6. The van der Waals surface area contributed by atoms with Crippen molar-refractivity contribution in [3.8, 4) is 0 Å². The molecule has 114 valence electrons. The molecule has 0 aromatic rings. The molecule has 0 spiro atoms. The molecule has 0 saturated heterocycles. The van der Waals surface area contributed by atoms with Gasteiger partial charge in [-0.05, 0) is 13.8 Å². The van der Waals surface area contributed by atoms with Crippen LogP contribution in [0.3, 0.4) is 0 Å². The molecule has 0 aliphatic rings. The molecule has 0 saturated carbocycles. The van der Waals surface area contributed by atoms with Crippen molar-refractivity contribution in [1.82, 2.24) is 9.80 Å². The van der Waals surface area contributed by atoms with Gasteiger partial charge in [-0.2, -0.15) is 0 Å². The van der Waals surface area contributed by atoms with Gasteiger partial charge in [0.2, 0.25) is 0 Å². The van der Waals surface area contributed by atoms with Gasteiger partial charge >= 0.3 is 0 Å². The highest BCUT2D eigenvalue weighted by Gasteiger charge is 2.33. The van der Waals surface area contributed by atoms with E-state index in [2.05, 4.69) is 13.2 Å². The second kappa shape index (κ2) is 7.75. The van der Waals surface area contributed by atoms with E-state index in [1.165, 1.54) is 13.8 Å². The number of carbonyl (C=O) groups excluding carboxylic acids is 2. The highest BCUT2D eigenvalue weighted by Crippen LogP contribution is 2.11. The van der Waals surface area contributed by atoms with Crippen molar-refractivity contribution in [1.29, 1.82) is 0 Å². The maximum absolute atomic E-state index is 11.6. The van der Waals surface area contributed by atoms with Crippen molar-refractivity contribution >= 4 is 11.8 Å². The van der Waals surface area contributed by atoms with Gasteiger partial charge in [0.1, 0.15) is 13.5 Å². The fourth-order valence-electron chi connectivity index (χ4n) is 1.35. The van der Waals surface area contributed by atoms with Crippen LogP contribution in [0.2, 0.25) is 0 Å². The fraction of sp³-hybridized carbons (Fsp3) is 0.500. The Labute approximate surface area is 116 Å². The first-order valence-electron chi connectivity index (χ1n) is 5.69. The molecule has 20 heavy (non-hydrogen) atoms. The summed E-state index contributed by atoms with van der Waals surface area (Å²) in [4.78, 5) is 24.3. The molecule has 0 aliphatic heterocycles. The Bertz CT molecular complexity index is 371. The Kier molecular flexibility index (Phi) is 7.08. The lowest BCUT2D eigenvalue weighted by Crippen LogP contribution is -2.56. The number of amides is 2. The fourth-order valence-corrected chi connectivity index (χ4v) is 1.35. The molecule has 4 N–H and O–H groups in total. The van der Waals surface area contributed by atoms with E-state index < -0.39 is 37.7 Å². The number of aliphatic hydroxyl groups excluding tert-OH is 4. The van der Waals surface area contributed by atoms with Crippen molar-refractivity contribution in [3.05, 3.63) is 24.3 Å². The van der Waals surface area contributed by atoms with Crippen LogP contribution in [0.15, 0.2) is 24.3 Å². The summed E-state index contributed by atoms with van der Waals surface area (Å²) in [7, 11) is 0. The lowest BCUT2D eigenvalue weighted by molar-refractivity contribution is -0.189. The smallest absolute Gasteiger partial charge is 0.252 e. The first-order valence-corrected chi connectivity index (χ1v) is 5.69. The van der Waals surface area contributed by atoms with Gasteiger partial charge in [-0.1, -0.05) is 13.2 Å². The summed E-state index contributed by atoms with van der Waals surface area (Å²) >= 11 is 0. The zero-order valence-electron chi connectivity index (χ0n) is 11.5. The normalized spacial score (nSPS) is 13.3. The average molecular weight is 288 g/mol. The molecule has 0 heterocycles. The molecule has 0 aromatic heterocycles. The molecule has 0 aliphatic carbocycles. The summed E-state index contributed by atoms with van der Waals surface area (Å²) in [6.45, 7) is 7.62. The van der Waals surface area contributed by atoms with Crippen molar-refractivity contribution in [2.75, 3.05) is 13.5 Å². The Balaban J connectivity index is 5.18. The summed E-state index contributed by atoms with van der Waals surface area (Å²) < 4.78 is 0. The molecule has 0 fully saturated rings. The predicted octanol–water partition coefficient (Wildman–Crippen LogP) is -1.67. The minimum atomic E-state index is -1.93. The maximum Gasteiger partial charge on any atom is 0.252 e. The minimum Gasteiger partial charge on any atom is -0.376 e. The van der Waals surface area contributed by atoms with Crippen molar-refractivity contribution in [3.63, 3.8) is 0 Å². The van der Waals surface area contributed by atoms with Gasteiger partial charge < -0.3 is 20.4 Å². The second-order valence-corrected chi connectivity index (χ2v) is 4.22. The summed E-state index contributed by atoms with van der Waals surface area (Å²) in [6.07, 6.45) is -3.86. The van der Waals surface area contributed by atoms with Crippen LogP contribution in [0, 0.1) is 0 Å². The Morgan fingerprint density at radius 1 is 0.900 bits per heavy atom. The molecule has 2 atom stereocenters. The number of aliphatic hydroxyl groups is 4. The van der Waals surface area contributed by atoms with E-state index in [4.69, 9.17) is 10.2 Å². The Morgan fingerprint density at radius 2 is 1.15 bits per heavy atom. The van der Waals surface area contributed by atoms with Gasteiger partial charge in [-0.15, -0.1) is 0 Å². The van der Waals surface area contributed by atoms with E-state index in [1.54, 1.807) is 0 Å². The molecular weight excluding hydrogens is 268 g/mol. The molecule has 0 rings (SSSR count). The Morgan fingerprint density at radius 3 is 1.30 bits per heavy atom. The van der Waals surface area contributed by atoms with Gasteiger partial charge in [0, 0.05) is 11.1 Å². The number of carbonyl (C=O) groups is 2. The van der Waals surface area contributed by atoms with Crippen LogP contribution in [0.1, 0.15) is 13.8 Å². The lowest BCUT2D eigenvalue weighted by Gasteiger charge is -2.34. The first-order chi connectivity index (χ1) is 9.18. The van der Waals surface area contributed by atoms with E-state index in [9.17, 15) is 19.8 Å². The zero-order chi connectivity index (χ0) is 16.0. The topological polar surface area (TPSA) is 122 Å². The third kappa shape index (κ3) is 4.14. The standard InChI is InChI=1S/C12H20N2O6/c1-7(2)9(17)13(5-15)11(19)12(20)14(6-16)10(18)8(3)4/h11-12,15-16,19-20H,1,3,5-6H2,2,4H3. The SMILES string of the molecule is C=C(C)C(=O)N(CO)C(O)C(O)N(CO)C(=O)C(=C)C. The average Bonchev–Trinajstić information content (AvgIpc) is 2.39. The van der Waals surface area contributed by atoms with Crippen LogP contribution >= 0.6 is 0 Å². The van der Waals surface area contributed by atoms with Gasteiger partial charge in [0.25, 0.3) is 11.8 Å². The van der Waals surface area contributed by atoms with Crippen molar-refractivity contribution < 1.29 is 30.0 Å². The van der Waals surface area contributed by atoms with Crippen LogP contribution in [0.4, 0.5) is 0 Å². The first kappa shape index (κ1) is 18.3. The van der Waals surface area contributed by atoms with Crippen molar-refractivity contribution in [2.24, 2.45) is 0 Å². The Hall–Kier alpha value is -1.74. The number of hydrogen-bond acceptors (Lipinski definition) is 6. The summed E-state index contributed by atoms with van der Waals surface area (Å²) in [5.41, 5.74) is 0.0409. The van der Waals surface area contributed by atoms with Crippen LogP contribution in [-0.2, 0) is 9.59 Å².